The van der Waals surface area contributed by atoms with Gasteiger partial charge in [0, 0.05) is 6.04 Å². The van der Waals surface area contributed by atoms with Crippen LogP contribution in [0, 0.1) is 11.8 Å². The zero-order chi connectivity index (χ0) is 14.7. The summed E-state index contributed by atoms with van der Waals surface area (Å²) in [6.45, 7) is 9.06. The Morgan fingerprint density at radius 2 is 1.80 bits per heavy atom. The minimum Gasteiger partial charge on any atom is -0.323 e. The molecule has 116 valence electrons. The van der Waals surface area contributed by atoms with Crippen LogP contribution in [0.1, 0.15) is 72.6 Å². The van der Waals surface area contributed by atoms with Gasteiger partial charge >= 0.3 is 0 Å². The van der Waals surface area contributed by atoms with Crippen molar-refractivity contribution in [2.45, 2.75) is 90.9 Å². The van der Waals surface area contributed by atoms with E-state index in [1.807, 2.05) is 0 Å². The van der Waals surface area contributed by atoms with E-state index in [0.29, 0.717) is 11.9 Å². The molecule has 2 rings (SSSR count). The average molecular weight is 280 g/mol. The molecular weight excluding hydrogens is 248 g/mol. The number of amides is 1. The minimum atomic E-state index is 0.0763. The van der Waals surface area contributed by atoms with E-state index in [9.17, 15) is 4.79 Å². The predicted octanol–water partition coefficient (Wildman–Crippen LogP) is 3.54. The van der Waals surface area contributed by atoms with Crippen LogP contribution in [-0.2, 0) is 4.79 Å². The first kappa shape index (κ1) is 15.8. The van der Waals surface area contributed by atoms with Gasteiger partial charge in [0.25, 0.3) is 0 Å². The van der Waals surface area contributed by atoms with Crippen LogP contribution in [0.3, 0.4) is 0 Å². The molecule has 1 aliphatic carbocycles. The lowest BCUT2D eigenvalue weighted by atomic mass is 9.79. The summed E-state index contributed by atoms with van der Waals surface area (Å²) >= 11 is 0. The number of carbonyl (C=O) groups excluding carboxylic acids is 1. The SMILES string of the molecule is CCCCC1NC(CC)N(C2CC(C)CC(C)C2)C1=O. The molecule has 20 heavy (non-hydrogen) atoms. The zero-order valence-electron chi connectivity index (χ0n) is 13.7. The summed E-state index contributed by atoms with van der Waals surface area (Å²) in [7, 11) is 0. The van der Waals surface area contributed by atoms with E-state index in [0.717, 1.165) is 31.1 Å². The lowest BCUT2D eigenvalue weighted by Gasteiger charge is -2.39. The largest absolute Gasteiger partial charge is 0.323 e. The molecule has 1 saturated heterocycles. The lowest BCUT2D eigenvalue weighted by Crippen LogP contribution is -2.47. The Bertz CT molecular complexity index is 321. The Kier molecular flexibility index (Phi) is 5.48. The van der Waals surface area contributed by atoms with Gasteiger partial charge in [-0.05, 0) is 43.9 Å². The number of nitrogens with one attached hydrogen (secondary N) is 1. The van der Waals surface area contributed by atoms with Crippen LogP contribution < -0.4 is 5.32 Å². The monoisotopic (exact) mass is 280 g/mol. The highest BCUT2D eigenvalue weighted by Gasteiger charge is 2.42. The van der Waals surface area contributed by atoms with Crippen molar-refractivity contribution in [1.29, 1.82) is 0 Å². The van der Waals surface area contributed by atoms with E-state index in [1.54, 1.807) is 0 Å². The smallest absolute Gasteiger partial charge is 0.241 e. The third-order valence-corrected chi connectivity index (χ3v) is 5.06. The fourth-order valence-electron chi connectivity index (χ4n) is 4.21. The topological polar surface area (TPSA) is 32.3 Å². The number of hydrogen-bond donors (Lipinski definition) is 1. The molecule has 0 aromatic carbocycles. The van der Waals surface area contributed by atoms with Gasteiger partial charge in [-0.15, -0.1) is 0 Å². The first-order chi connectivity index (χ1) is 9.56. The summed E-state index contributed by atoms with van der Waals surface area (Å²) in [5.41, 5.74) is 0. The standard InChI is InChI=1S/C17H32N2O/c1-5-7-8-15-17(20)19(16(6-2)18-15)14-10-12(3)9-13(4)11-14/h12-16,18H,5-11H2,1-4H3. The molecule has 3 nitrogen and oxygen atoms in total. The summed E-state index contributed by atoms with van der Waals surface area (Å²) in [4.78, 5) is 15.0. The Labute approximate surface area is 124 Å². The van der Waals surface area contributed by atoms with E-state index in [-0.39, 0.29) is 12.2 Å². The van der Waals surface area contributed by atoms with E-state index in [4.69, 9.17) is 0 Å². The van der Waals surface area contributed by atoms with Crippen molar-refractivity contribution in [3.05, 3.63) is 0 Å². The van der Waals surface area contributed by atoms with E-state index in [2.05, 4.69) is 37.9 Å². The third kappa shape index (κ3) is 3.36. The molecule has 3 heteroatoms. The van der Waals surface area contributed by atoms with Gasteiger partial charge in [-0.1, -0.05) is 40.5 Å². The molecule has 0 radical (unpaired) electrons. The molecule has 1 heterocycles. The molecular formula is C17H32N2O. The Morgan fingerprint density at radius 3 is 2.35 bits per heavy atom. The van der Waals surface area contributed by atoms with Crippen molar-refractivity contribution in [2.75, 3.05) is 0 Å². The molecule has 0 spiro atoms. The van der Waals surface area contributed by atoms with Crippen molar-refractivity contribution in [3.8, 4) is 0 Å². The fourth-order valence-corrected chi connectivity index (χ4v) is 4.21. The fraction of sp³-hybridized carbons (Fsp3) is 0.941. The molecule has 4 unspecified atom stereocenters. The minimum absolute atomic E-state index is 0.0763. The van der Waals surface area contributed by atoms with Crippen LogP contribution in [0.2, 0.25) is 0 Å². The van der Waals surface area contributed by atoms with E-state index < -0.39 is 0 Å². The van der Waals surface area contributed by atoms with Crippen molar-refractivity contribution in [3.63, 3.8) is 0 Å². The predicted molar refractivity (Wildman–Crippen MR) is 83.3 cm³/mol. The van der Waals surface area contributed by atoms with Crippen molar-refractivity contribution >= 4 is 5.91 Å². The molecule has 2 fully saturated rings. The van der Waals surface area contributed by atoms with Gasteiger partial charge in [0.1, 0.15) is 0 Å². The second kappa shape index (κ2) is 6.93. The Balaban J connectivity index is 2.06. The van der Waals surface area contributed by atoms with Gasteiger partial charge in [-0.2, -0.15) is 0 Å². The highest BCUT2D eigenvalue weighted by atomic mass is 16.2. The van der Waals surface area contributed by atoms with Gasteiger partial charge < -0.3 is 4.90 Å². The highest BCUT2D eigenvalue weighted by molar-refractivity contribution is 5.84. The number of carbonyl (C=O) groups is 1. The van der Waals surface area contributed by atoms with E-state index in [1.165, 1.54) is 25.7 Å². The zero-order valence-corrected chi connectivity index (χ0v) is 13.7. The number of nitrogens with zero attached hydrogens (tertiary/aromatic N) is 1. The quantitative estimate of drug-likeness (QED) is 0.835. The van der Waals surface area contributed by atoms with Gasteiger partial charge in [0.2, 0.25) is 5.91 Å². The normalized spacial score (nSPS) is 38.5. The molecule has 2 aliphatic rings. The first-order valence-electron chi connectivity index (χ1n) is 8.65. The molecule has 1 aliphatic heterocycles. The second-order valence-corrected chi connectivity index (χ2v) is 7.10. The van der Waals surface area contributed by atoms with Crippen molar-refractivity contribution < 1.29 is 4.79 Å². The molecule has 0 bridgehead atoms. The van der Waals surface area contributed by atoms with Crippen LogP contribution in [0.15, 0.2) is 0 Å². The van der Waals surface area contributed by atoms with E-state index >= 15 is 0 Å². The maximum absolute atomic E-state index is 12.8. The summed E-state index contributed by atoms with van der Waals surface area (Å²) in [5.74, 6) is 1.88. The molecule has 1 N–H and O–H groups in total. The number of rotatable bonds is 5. The third-order valence-electron chi connectivity index (χ3n) is 5.06. The van der Waals surface area contributed by atoms with Gasteiger partial charge in [-0.25, -0.2) is 0 Å². The summed E-state index contributed by atoms with van der Waals surface area (Å²) in [6.07, 6.45) is 8.30. The molecule has 1 saturated carbocycles. The first-order valence-corrected chi connectivity index (χ1v) is 8.65. The van der Waals surface area contributed by atoms with Crippen LogP contribution in [-0.4, -0.2) is 29.1 Å². The van der Waals surface area contributed by atoms with Gasteiger partial charge in [0.15, 0.2) is 0 Å². The summed E-state index contributed by atoms with van der Waals surface area (Å²) in [6, 6.07) is 0.540. The number of hydrogen-bond acceptors (Lipinski definition) is 2. The van der Waals surface area contributed by atoms with Crippen LogP contribution in [0.4, 0.5) is 0 Å². The lowest BCUT2D eigenvalue weighted by molar-refractivity contribution is -0.133. The highest BCUT2D eigenvalue weighted by Crippen LogP contribution is 2.34. The van der Waals surface area contributed by atoms with Crippen molar-refractivity contribution in [2.24, 2.45) is 11.8 Å². The number of unbranched alkanes of at least 4 members (excludes halogenated alkanes) is 1. The maximum atomic E-state index is 12.8. The Hall–Kier alpha value is -0.570. The average Bonchev–Trinajstić information content (AvgIpc) is 2.71. The summed E-state index contributed by atoms with van der Waals surface area (Å²) < 4.78 is 0. The Morgan fingerprint density at radius 1 is 1.15 bits per heavy atom. The molecule has 4 atom stereocenters. The maximum Gasteiger partial charge on any atom is 0.241 e. The second-order valence-electron chi connectivity index (χ2n) is 7.10. The van der Waals surface area contributed by atoms with Crippen LogP contribution in [0.5, 0.6) is 0 Å². The van der Waals surface area contributed by atoms with Crippen molar-refractivity contribution in [1.82, 2.24) is 10.2 Å². The van der Waals surface area contributed by atoms with Crippen LogP contribution in [0.25, 0.3) is 0 Å². The summed E-state index contributed by atoms with van der Waals surface area (Å²) in [5, 5.41) is 3.58. The molecule has 1 amide bonds. The van der Waals surface area contributed by atoms with Crippen LogP contribution >= 0.6 is 0 Å². The molecule has 0 aromatic heterocycles. The van der Waals surface area contributed by atoms with Gasteiger partial charge in [-0.3, -0.25) is 10.1 Å². The molecule has 0 aromatic rings. The van der Waals surface area contributed by atoms with Gasteiger partial charge in [0.05, 0.1) is 12.2 Å².